The van der Waals surface area contributed by atoms with Gasteiger partial charge in [0.25, 0.3) is 0 Å². The summed E-state index contributed by atoms with van der Waals surface area (Å²) >= 11 is 6.15. The Balaban J connectivity index is 1.59. The standard InChI is InChI=1S/C16H18ClN3O/c17-15-10-12(18)3-4-16(15)21-14-5-8-20(9-6-14)13-2-1-7-19-11-13/h1-4,7,10-11,14H,5-6,8-9,18H2. The molecule has 0 bridgehead atoms. The zero-order valence-electron chi connectivity index (χ0n) is 11.7. The molecule has 21 heavy (non-hydrogen) atoms. The summed E-state index contributed by atoms with van der Waals surface area (Å²) in [6.07, 6.45) is 5.82. The van der Waals surface area contributed by atoms with Crippen LogP contribution >= 0.6 is 11.6 Å². The van der Waals surface area contributed by atoms with Crippen LogP contribution in [0.25, 0.3) is 0 Å². The molecule has 0 radical (unpaired) electrons. The van der Waals surface area contributed by atoms with E-state index in [1.807, 2.05) is 24.4 Å². The average Bonchev–Trinajstić information content (AvgIpc) is 2.52. The van der Waals surface area contributed by atoms with Crippen LogP contribution in [-0.2, 0) is 0 Å². The number of ether oxygens (including phenoxy) is 1. The van der Waals surface area contributed by atoms with Gasteiger partial charge in [-0.15, -0.1) is 0 Å². The van der Waals surface area contributed by atoms with Gasteiger partial charge < -0.3 is 15.4 Å². The topological polar surface area (TPSA) is 51.4 Å². The summed E-state index contributed by atoms with van der Waals surface area (Å²) in [7, 11) is 0. The van der Waals surface area contributed by atoms with Crippen LogP contribution < -0.4 is 15.4 Å². The molecule has 0 aliphatic carbocycles. The second-order valence-corrected chi connectivity index (χ2v) is 5.61. The van der Waals surface area contributed by atoms with Gasteiger partial charge in [-0.1, -0.05) is 11.6 Å². The molecule has 1 saturated heterocycles. The van der Waals surface area contributed by atoms with E-state index in [2.05, 4.69) is 16.0 Å². The van der Waals surface area contributed by atoms with Crippen molar-refractivity contribution in [3.8, 4) is 5.75 Å². The maximum atomic E-state index is 6.15. The lowest BCUT2D eigenvalue weighted by Gasteiger charge is -2.33. The number of piperidine rings is 1. The molecular weight excluding hydrogens is 286 g/mol. The number of hydrogen-bond acceptors (Lipinski definition) is 4. The summed E-state index contributed by atoms with van der Waals surface area (Å²) in [6, 6.07) is 9.43. The average molecular weight is 304 g/mol. The van der Waals surface area contributed by atoms with E-state index in [-0.39, 0.29) is 6.10 Å². The third-order valence-corrected chi connectivity index (χ3v) is 4.00. The number of anilines is 2. The Morgan fingerprint density at radius 3 is 2.71 bits per heavy atom. The van der Waals surface area contributed by atoms with Crippen molar-refractivity contribution in [1.82, 2.24) is 4.98 Å². The predicted octanol–water partition coefficient (Wildman–Crippen LogP) is 3.37. The second kappa shape index (κ2) is 6.22. The number of nitrogens with two attached hydrogens (primary N) is 1. The van der Waals surface area contributed by atoms with Crippen molar-refractivity contribution in [2.45, 2.75) is 18.9 Å². The minimum Gasteiger partial charge on any atom is -0.489 e. The maximum Gasteiger partial charge on any atom is 0.138 e. The first-order chi connectivity index (χ1) is 10.2. The quantitative estimate of drug-likeness (QED) is 0.883. The SMILES string of the molecule is Nc1ccc(OC2CCN(c3cccnc3)CC2)c(Cl)c1. The molecule has 1 fully saturated rings. The van der Waals surface area contributed by atoms with Crippen molar-refractivity contribution in [3.63, 3.8) is 0 Å². The van der Waals surface area contributed by atoms with Crippen molar-refractivity contribution >= 4 is 23.0 Å². The molecule has 2 aromatic rings. The van der Waals surface area contributed by atoms with Gasteiger partial charge in [-0.3, -0.25) is 4.98 Å². The van der Waals surface area contributed by atoms with Crippen LogP contribution in [0.15, 0.2) is 42.7 Å². The van der Waals surface area contributed by atoms with Crippen LogP contribution in [0.4, 0.5) is 11.4 Å². The van der Waals surface area contributed by atoms with Gasteiger partial charge in [0.2, 0.25) is 0 Å². The Labute approximate surface area is 129 Å². The van der Waals surface area contributed by atoms with Crippen LogP contribution in [0.5, 0.6) is 5.75 Å². The zero-order chi connectivity index (χ0) is 14.7. The highest BCUT2D eigenvalue weighted by Gasteiger charge is 2.21. The van der Waals surface area contributed by atoms with Gasteiger partial charge in [0, 0.05) is 37.8 Å². The number of aromatic nitrogens is 1. The summed E-state index contributed by atoms with van der Waals surface area (Å²) in [5, 5.41) is 0.574. The van der Waals surface area contributed by atoms with Crippen molar-refractivity contribution in [2.24, 2.45) is 0 Å². The molecule has 0 spiro atoms. The van der Waals surface area contributed by atoms with Crippen LogP contribution in [0.1, 0.15) is 12.8 Å². The van der Waals surface area contributed by atoms with Gasteiger partial charge in [-0.2, -0.15) is 0 Å². The third kappa shape index (κ3) is 3.39. The summed E-state index contributed by atoms with van der Waals surface area (Å²) < 4.78 is 6.00. The van der Waals surface area contributed by atoms with Gasteiger partial charge in [0.1, 0.15) is 11.9 Å². The molecule has 1 aliphatic heterocycles. The first-order valence-corrected chi connectivity index (χ1v) is 7.47. The van der Waals surface area contributed by atoms with Gasteiger partial charge in [-0.05, 0) is 30.3 Å². The Morgan fingerprint density at radius 1 is 1.24 bits per heavy atom. The van der Waals surface area contributed by atoms with E-state index in [1.54, 1.807) is 12.3 Å². The lowest BCUT2D eigenvalue weighted by Crippen LogP contribution is -2.38. The molecule has 2 N–H and O–H groups in total. The molecule has 1 aromatic carbocycles. The van der Waals surface area contributed by atoms with E-state index >= 15 is 0 Å². The van der Waals surface area contributed by atoms with E-state index in [4.69, 9.17) is 22.1 Å². The molecule has 4 nitrogen and oxygen atoms in total. The molecule has 5 heteroatoms. The van der Waals surface area contributed by atoms with Crippen molar-refractivity contribution < 1.29 is 4.74 Å². The first kappa shape index (κ1) is 14.0. The van der Waals surface area contributed by atoms with Crippen LogP contribution in [-0.4, -0.2) is 24.2 Å². The highest BCUT2D eigenvalue weighted by Crippen LogP contribution is 2.29. The monoisotopic (exact) mass is 303 g/mol. The van der Waals surface area contributed by atoms with Crippen molar-refractivity contribution in [2.75, 3.05) is 23.7 Å². The smallest absolute Gasteiger partial charge is 0.138 e. The fourth-order valence-electron chi connectivity index (χ4n) is 2.56. The number of nitrogens with zero attached hydrogens (tertiary/aromatic N) is 2. The molecule has 1 aromatic heterocycles. The molecule has 3 rings (SSSR count). The summed E-state index contributed by atoms with van der Waals surface area (Å²) in [5.74, 6) is 0.714. The molecule has 1 aliphatic rings. The van der Waals surface area contributed by atoms with E-state index in [0.29, 0.717) is 16.5 Å². The van der Waals surface area contributed by atoms with Gasteiger partial charge >= 0.3 is 0 Å². The van der Waals surface area contributed by atoms with Crippen molar-refractivity contribution in [1.29, 1.82) is 0 Å². The number of halogens is 1. The number of pyridine rings is 1. The van der Waals surface area contributed by atoms with Crippen LogP contribution in [0.2, 0.25) is 5.02 Å². The normalized spacial score (nSPS) is 16.0. The lowest BCUT2D eigenvalue weighted by molar-refractivity contribution is 0.171. The molecular formula is C16H18ClN3O. The molecule has 0 unspecified atom stereocenters. The van der Waals surface area contributed by atoms with Crippen LogP contribution in [0, 0.1) is 0 Å². The van der Waals surface area contributed by atoms with E-state index < -0.39 is 0 Å². The lowest BCUT2D eigenvalue weighted by atomic mass is 10.1. The minimum absolute atomic E-state index is 0.194. The van der Waals surface area contributed by atoms with E-state index in [1.165, 1.54) is 5.69 Å². The molecule has 0 amide bonds. The Bertz CT molecular complexity index is 598. The first-order valence-electron chi connectivity index (χ1n) is 7.09. The third-order valence-electron chi connectivity index (χ3n) is 3.70. The van der Waals surface area contributed by atoms with E-state index in [0.717, 1.165) is 25.9 Å². The van der Waals surface area contributed by atoms with Gasteiger partial charge in [0.05, 0.1) is 16.9 Å². The molecule has 110 valence electrons. The minimum atomic E-state index is 0.194. The predicted molar refractivity (Wildman–Crippen MR) is 86.0 cm³/mol. The summed E-state index contributed by atoms with van der Waals surface area (Å²) in [5.41, 5.74) is 7.51. The maximum absolute atomic E-state index is 6.15. The Morgan fingerprint density at radius 2 is 2.05 bits per heavy atom. The number of nitrogen functional groups attached to an aromatic ring is 1. The highest BCUT2D eigenvalue weighted by atomic mass is 35.5. The molecule has 0 saturated carbocycles. The van der Waals surface area contributed by atoms with E-state index in [9.17, 15) is 0 Å². The summed E-state index contributed by atoms with van der Waals surface area (Å²) in [6.45, 7) is 1.92. The number of benzene rings is 1. The molecule has 0 atom stereocenters. The van der Waals surface area contributed by atoms with Crippen LogP contribution in [0.3, 0.4) is 0 Å². The Kier molecular flexibility index (Phi) is 4.15. The van der Waals surface area contributed by atoms with Crippen molar-refractivity contribution in [3.05, 3.63) is 47.7 Å². The van der Waals surface area contributed by atoms with Gasteiger partial charge in [0.15, 0.2) is 0 Å². The van der Waals surface area contributed by atoms with Gasteiger partial charge in [-0.25, -0.2) is 0 Å². The zero-order valence-corrected chi connectivity index (χ0v) is 12.5. The second-order valence-electron chi connectivity index (χ2n) is 5.21. The largest absolute Gasteiger partial charge is 0.489 e. The number of hydrogen-bond donors (Lipinski definition) is 1. The fraction of sp³-hybridized carbons (Fsp3) is 0.312. The summed E-state index contributed by atoms with van der Waals surface area (Å²) in [4.78, 5) is 6.50. The highest BCUT2D eigenvalue weighted by molar-refractivity contribution is 6.32. The Hall–Kier alpha value is -1.94. The fourth-order valence-corrected chi connectivity index (χ4v) is 2.80. The number of rotatable bonds is 3. The molecule has 2 heterocycles.